The minimum atomic E-state index is -4.32. The number of rotatable bonds is 5. The molecule has 25 heavy (non-hydrogen) atoms. The molecule has 0 amide bonds. The van der Waals surface area contributed by atoms with Gasteiger partial charge in [0, 0.05) is 11.3 Å². The highest BCUT2D eigenvalue weighted by Crippen LogP contribution is 2.32. The second-order valence-electron chi connectivity index (χ2n) is 6.18. The van der Waals surface area contributed by atoms with Gasteiger partial charge < -0.3 is 5.32 Å². The summed E-state index contributed by atoms with van der Waals surface area (Å²) >= 11 is 0. The molecule has 0 aliphatic rings. The summed E-state index contributed by atoms with van der Waals surface area (Å²) in [6, 6.07) is 11.6. The van der Waals surface area contributed by atoms with Crippen LogP contribution in [0.3, 0.4) is 0 Å². The Labute approximate surface area is 146 Å². The van der Waals surface area contributed by atoms with Crippen molar-refractivity contribution in [3.05, 3.63) is 83.1 Å². The third-order valence-corrected chi connectivity index (χ3v) is 4.20. The summed E-state index contributed by atoms with van der Waals surface area (Å²) in [6.07, 6.45) is -2.24. The van der Waals surface area contributed by atoms with E-state index in [1.165, 1.54) is 12.1 Å². The standard InChI is InChI=1S/C21H22F3N/c1-5-25-20-10-9-14(2)11-19(20)16(4)15(3)12-17-7-6-8-18(13-17)21(22,23)24/h5-11,13,25H,1,12H2,2-4H3/b16-15+. The van der Waals surface area contributed by atoms with Gasteiger partial charge in [0.05, 0.1) is 5.56 Å². The van der Waals surface area contributed by atoms with Gasteiger partial charge in [-0.3, -0.25) is 0 Å². The topological polar surface area (TPSA) is 12.0 Å². The molecular weight excluding hydrogens is 323 g/mol. The van der Waals surface area contributed by atoms with E-state index < -0.39 is 11.7 Å². The Bertz CT molecular complexity index is 801. The molecule has 0 fully saturated rings. The van der Waals surface area contributed by atoms with E-state index in [1.807, 2.05) is 32.9 Å². The van der Waals surface area contributed by atoms with Gasteiger partial charge in [-0.05, 0) is 62.7 Å². The molecule has 4 heteroatoms. The number of benzene rings is 2. The molecule has 0 saturated carbocycles. The molecule has 1 nitrogen and oxygen atoms in total. The van der Waals surface area contributed by atoms with Crippen molar-refractivity contribution >= 4 is 11.3 Å². The van der Waals surface area contributed by atoms with Gasteiger partial charge in [-0.15, -0.1) is 0 Å². The average molecular weight is 345 g/mol. The number of nitrogens with one attached hydrogen (secondary N) is 1. The maximum atomic E-state index is 12.9. The summed E-state index contributed by atoms with van der Waals surface area (Å²) in [5, 5.41) is 3.11. The fourth-order valence-electron chi connectivity index (χ4n) is 2.73. The first kappa shape index (κ1) is 18.8. The van der Waals surface area contributed by atoms with Gasteiger partial charge in [0.2, 0.25) is 0 Å². The van der Waals surface area contributed by atoms with E-state index in [1.54, 1.807) is 12.3 Å². The van der Waals surface area contributed by atoms with Gasteiger partial charge in [0.1, 0.15) is 0 Å². The highest BCUT2D eigenvalue weighted by atomic mass is 19.4. The zero-order chi connectivity index (χ0) is 18.6. The lowest BCUT2D eigenvalue weighted by Crippen LogP contribution is -2.05. The van der Waals surface area contributed by atoms with E-state index >= 15 is 0 Å². The molecule has 0 bridgehead atoms. The molecule has 2 aromatic rings. The summed E-state index contributed by atoms with van der Waals surface area (Å²) in [6.45, 7) is 9.65. The molecule has 0 aromatic heterocycles. The van der Waals surface area contributed by atoms with Crippen molar-refractivity contribution in [1.82, 2.24) is 0 Å². The summed E-state index contributed by atoms with van der Waals surface area (Å²) in [5.74, 6) is 0. The van der Waals surface area contributed by atoms with E-state index in [2.05, 4.69) is 18.0 Å². The number of aryl methyl sites for hydroxylation is 1. The minimum absolute atomic E-state index is 0.469. The van der Waals surface area contributed by atoms with Crippen LogP contribution in [-0.2, 0) is 12.6 Å². The third kappa shape index (κ3) is 4.75. The van der Waals surface area contributed by atoms with Crippen molar-refractivity contribution in [2.45, 2.75) is 33.4 Å². The molecule has 0 spiro atoms. The Kier molecular flexibility index (Phi) is 5.73. The fraction of sp³-hybridized carbons (Fsp3) is 0.238. The Morgan fingerprint density at radius 3 is 2.48 bits per heavy atom. The van der Waals surface area contributed by atoms with Crippen LogP contribution in [0.1, 0.15) is 36.1 Å². The Morgan fingerprint density at radius 1 is 1.12 bits per heavy atom. The SMILES string of the molecule is C=CNc1ccc(C)cc1/C(C)=C(\C)Cc1cccc(C(F)(F)F)c1. The first-order valence-electron chi connectivity index (χ1n) is 8.03. The van der Waals surface area contributed by atoms with Crippen LogP contribution in [0, 0.1) is 6.92 Å². The number of hydrogen-bond acceptors (Lipinski definition) is 1. The third-order valence-electron chi connectivity index (χ3n) is 4.20. The summed E-state index contributed by atoms with van der Waals surface area (Å²) in [4.78, 5) is 0. The zero-order valence-corrected chi connectivity index (χ0v) is 14.7. The number of alkyl halides is 3. The molecular formula is C21H22F3N. The van der Waals surface area contributed by atoms with Gasteiger partial charge in [-0.2, -0.15) is 13.2 Å². The highest BCUT2D eigenvalue weighted by molar-refractivity contribution is 5.78. The maximum Gasteiger partial charge on any atom is 0.416 e. The first-order valence-corrected chi connectivity index (χ1v) is 8.03. The summed E-state index contributed by atoms with van der Waals surface area (Å²) in [5.41, 5.74) is 5.20. The molecule has 2 aromatic carbocycles. The van der Waals surface area contributed by atoms with Crippen LogP contribution in [-0.4, -0.2) is 0 Å². The lowest BCUT2D eigenvalue weighted by Gasteiger charge is -2.15. The van der Waals surface area contributed by atoms with Crippen LogP contribution in [0.15, 0.2) is 60.8 Å². The second kappa shape index (κ2) is 7.60. The molecule has 2 rings (SSSR count). The highest BCUT2D eigenvalue weighted by Gasteiger charge is 2.30. The number of anilines is 1. The second-order valence-corrected chi connectivity index (χ2v) is 6.18. The predicted octanol–water partition coefficient (Wildman–Crippen LogP) is 6.61. The van der Waals surface area contributed by atoms with Crippen molar-refractivity contribution in [2.75, 3.05) is 5.32 Å². The number of hydrogen-bond donors (Lipinski definition) is 1. The number of allylic oxidation sites excluding steroid dienone is 2. The van der Waals surface area contributed by atoms with Crippen LogP contribution in [0.4, 0.5) is 18.9 Å². The van der Waals surface area contributed by atoms with Gasteiger partial charge in [-0.1, -0.05) is 42.0 Å². The molecule has 0 unspecified atom stereocenters. The average Bonchev–Trinajstić information content (AvgIpc) is 2.55. The van der Waals surface area contributed by atoms with Gasteiger partial charge >= 0.3 is 6.18 Å². The minimum Gasteiger partial charge on any atom is -0.362 e. The van der Waals surface area contributed by atoms with Crippen molar-refractivity contribution < 1.29 is 13.2 Å². The Balaban J connectivity index is 2.37. The van der Waals surface area contributed by atoms with Crippen LogP contribution in [0.5, 0.6) is 0 Å². The van der Waals surface area contributed by atoms with Crippen molar-refractivity contribution in [3.8, 4) is 0 Å². The molecule has 0 aliphatic heterocycles. The molecule has 0 atom stereocenters. The van der Waals surface area contributed by atoms with Crippen molar-refractivity contribution in [2.24, 2.45) is 0 Å². The van der Waals surface area contributed by atoms with Crippen molar-refractivity contribution in [3.63, 3.8) is 0 Å². The largest absolute Gasteiger partial charge is 0.416 e. The smallest absolute Gasteiger partial charge is 0.362 e. The Morgan fingerprint density at radius 2 is 1.84 bits per heavy atom. The van der Waals surface area contributed by atoms with Gasteiger partial charge in [-0.25, -0.2) is 0 Å². The maximum absolute atomic E-state index is 12.9. The number of halogens is 3. The van der Waals surface area contributed by atoms with E-state index in [0.29, 0.717) is 12.0 Å². The van der Waals surface area contributed by atoms with E-state index in [0.717, 1.165) is 34.0 Å². The molecule has 0 saturated heterocycles. The van der Waals surface area contributed by atoms with E-state index in [-0.39, 0.29) is 0 Å². The van der Waals surface area contributed by atoms with Crippen molar-refractivity contribution in [1.29, 1.82) is 0 Å². The summed E-state index contributed by atoms with van der Waals surface area (Å²) < 4.78 is 38.6. The Hall–Kier alpha value is -2.49. The van der Waals surface area contributed by atoms with E-state index in [9.17, 15) is 13.2 Å². The molecule has 0 aliphatic carbocycles. The predicted molar refractivity (Wildman–Crippen MR) is 98.4 cm³/mol. The van der Waals surface area contributed by atoms with Gasteiger partial charge in [0.25, 0.3) is 0 Å². The first-order chi connectivity index (χ1) is 11.7. The molecule has 132 valence electrons. The normalized spacial score (nSPS) is 12.6. The van der Waals surface area contributed by atoms with Crippen LogP contribution in [0.2, 0.25) is 0 Å². The zero-order valence-electron chi connectivity index (χ0n) is 14.7. The lowest BCUT2D eigenvalue weighted by atomic mass is 9.94. The monoisotopic (exact) mass is 345 g/mol. The quantitative estimate of drug-likeness (QED) is 0.643. The van der Waals surface area contributed by atoms with Gasteiger partial charge in [0.15, 0.2) is 0 Å². The summed E-state index contributed by atoms with van der Waals surface area (Å²) in [7, 11) is 0. The van der Waals surface area contributed by atoms with Crippen LogP contribution in [0.25, 0.3) is 5.57 Å². The molecule has 0 radical (unpaired) electrons. The van der Waals surface area contributed by atoms with E-state index in [4.69, 9.17) is 0 Å². The fourth-order valence-corrected chi connectivity index (χ4v) is 2.73. The molecule has 1 N–H and O–H groups in total. The lowest BCUT2D eigenvalue weighted by molar-refractivity contribution is -0.137. The molecule has 0 heterocycles. The van der Waals surface area contributed by atoms with Crippen LogP contribution < -0.4 is 5.32 Å². The van der Waals surface area contributed by atoms with Crippen LogP contribution >= 0.6 is 0 Å².